The molecule has 0 fully saturated rings. The van der Waals surface area contributed by atoms with E-state index in [1.54, 1.807) is 19.1 Å². The van der Waals surface area contributed by atoms with Crippen LogP contribution in [0.3, 0.4) is 0 Å². The monoisotopic (exact) mass is 282 g/mol. The van der Waals surface area contributed by atoms with Gasteiger partial charge in [-0.15, -0.1) is 0 Å². The molecule has 0 aromatic heterocycles. The second-order valence-electron chi connectivity index (χ2n) is 6.43. The lowest BCUT2D eigenvalue weighted by Crippen LogP contribution is -2.12. The Morgan fingerprint density at radius 1 is 1.00 bits per heavy atom. The zero-order valence-corrected chi connectivity index (χ0v) is 13.4. The number of ether oxygens (including phenoxy) is 1. The molecule has 2 heteroatoms. The first kappa shape index (κ1) is 15.3. The lowest BCUT2D eigenvalue weighted by molar-refractivity contribution is 0.101. The number of ketones is 1. The summed E-state index contributed by atoms with van der Waals surface area (Å²) in [6.45, 7) is 10.2. The largest absolute Gasteiger partial charge is 0.457 e. The van der Waals surface area contributed by atoms with E-state index in [1.807, 2.05) is 18.2 Å². The van der Waals surface area contributed by atoms with Gasteiger partial charge in [0, 0.05) is 11.1 Å². The Morgan fingerprint density at radius 3 is 2.14 bits per heavy atom. The number of hydrogen-bond acceptors (Lipinski definition) is 2. The predicted octanol–water partition coefficient (Wildman–Crippen LogP) is 5.29. The van der Waals surface area contributed by atoms with E-state index in [2.05, 4.69) is 39.8 Å². The van der Waals surface area contributed by atoms with Gasteiger partial charge < -0.3 is 4.74 Å². The van der Waals surface area contributed by atoms with Crippen molar-refractivity contribution in [1.29, 1.82) is 0 Å². The minimum atomic E-state index is 0.0146. The Bertz CT molecular complexity index is 646. The van der Waals surface area contributed by atoms with Gasteiger partial charge in [0.25, 0.3) is 0 Å². The van der Waals surface area contributed by atoms with Gasteiger partial charge in [-0.3, -0.25) is 4.79 Å². The van der Waals surface area contributed by atoms with Crippen LogP contribution in [-0.4, -0.2) is 5.78 Å². The van der Waals surface area contributed by atoms with Crippen LogP contribution in [0.25, 0.3) is 0 Å². The highest BCUT2D eigenvalue weighted by atomic mass is 16.5. The van der Waals surface area contributed by atoms with Gasteiger partial charge in [-0.05, 0) is 49.6 Å². The molecule has 0 bridgehead atoms. The van der Waals surface area contributed by atoms with E-state index >= 15 is 0 Å². The average Bonchev–Trinajstić information content (AvgIpc) is 2.40. The smallest absolute Gasteiger partial charge is 0.159 e. The van der Waals surface area contributed by atoms with Crippen molar-refractivity contribution >= 4 is 5.78 Å². The summed E-state index contributed by atoms with van der Waals surface area (Å²) in [4.78, 5) is 11.3. The van der Waals surface area contributed by atoms with Crippen LogP contribution in [0.15, 0.2) is 42.5 Å². The Labute approximate surface area is 126 Å². The lowest BCUT2D eigenvalue weighted by Gasteiger charge is -2.23. The van der Waals surface area contributed by atoms with Crippen molar-refractivity contribution in [3.05, 3.63) is 59.2 Å². The second kappa shape index (κ2) is 5.72. The van der Waals surface area contributed by atoms with Crippen molar-refractivity contribution < 1.29 is 9.53 Å². The normalized spacial score (nSPS) is 11.3. The van der Waals surface area contributed by atoms with Gasteiger partial charge in [0.1, 0.15) is 11.5 Å². The SMILES string of the molecule is CC(=O)c1ccc(Oc2ccc(C)cc2C(C)(C)C)cc1. The maximum Gasteiger partial charge on any atom is 0.159 e. The van der Waals surface area contributed by atoms with Gasteiger partial charge in [0.2, 0.25) is 0 Å². The molecular weight excluding hydrogens is 260 g/mol. The molecule has 2 aromatic carbocycles. The number of hydrogen-bond donors (Lipinski definition) is 0. The molecule has 21 heavy (non-hydrogen) atoms. The summed E-state index contributed by atoms with van der Waals surface area (Å²) in [6, 6.07) is 13.5. The van der Waals surface area contributed by atoms with Crippen LogP contribution < -0.4 is 4.74 Å². The highest BCUT2D eigenvalue weighted by Gasteiger charge is 2.19. The molecule has 0 atom stereocenters. The van der Waals surface area contributed by atoms with E-state index in [4.69, 9.17) is 4.74 Å². The van der Waals surface area contributed by atoms with Gasteiger partial charge in [-0.1, -0.05) is 38.5 Å². The summed E-state index contributed by atoms with van der Waals surface area (Å²) in [5.41, 5.74) is 3.11. The molecule has 0 saturated heterocycles. The topological polar surface area (TPSA) is 26.3 Å². The zero-order chi connectivity index (χ0) is 15.6. The molecule has 0 N–H and O–H groups in total. The third-order valence-corrected chi connectivity index (χ3v) is 3.43. The van der Waals surface area contributed by atoms with Crippen LogP contribution in [0.5, 0.6) is 11.5 Å². The molecule has 0 radical (unpaired) electrons. The van der Waals surface area contributed by atoms with Crippen LogP contribution in [0.4, 0.5) is 0 Å². The van der Waals surface area contributed by atoms with Gasteiger partial charge >= 0.3 is 0 Å². The van der Waals surface area contributed by atoms with E-state index in [9.17, 15) is 4.79 Å². The molecule has 2 aromatic rings. The molecule has 0 saturated carbocycles. The highest BCUT2D eigenvalue weighted by molar-refractivity contribution is 5.94. The van der Waals surface area contributed by atoms with Crippen molar-refractivity contribution in [2.75, 3.05) is 0 Å². The van der Waals surface area contributed by atoms with Gasteiger partial charge in [-0.2, -0.15) is 0 Å². The predicted molar refractivity (Wildman–Crippen MR) is 86.4 cm³/mol. The zero-order valence-electron chi connectivity index (χ0n) is 13.4. The highest BCUT2D eigenvalue weighted by Crippen LogP contribution is 2.34. The molecule has 0 aliphatic carbocycles. The third-order valence-electron chi connectivity index (χ3n) is 3.43. The Kier molecular flexibility index (Phi) is 4.17. The summed E-state index contributed by atoms with van der Waals surface area (Å²) in [5, 5.41) is 0. The fourth-order valence-electron chi connectivity index (χ4n) is 2.20. The first-order valence-electron chi connectivity index (χ1n) is 7.17. The minimum Gasteiger partial charge on any atom is -0.457 e. The van der Waals surface area contributed by atoms with Crippen molar-refractivity contribution in [3.63, 3.8) is 0 Å². The van der Waals surface area contributed by atoms with Gasteiger partial charge in [0.15, 0.2) is 5.78 Å². The molecule has 110 valence electrons. The number of benzene rings is 2. The number of carbonyl (C=O) groups is 1. The second-order valence-corrected chi connectivity index (χ2v) is 6.43. The molecule has 0 unspecified atom stereocenters. The quantitative estimate of drug-likeness (QED) is 0.715. The van der Waals surface area contributed by atoms with Crippen molar-refractivity contribution in [2.24, 2.45) is 0 Å². The molecular formula is C19H22O2. The fourth-order valence-corrected chi connectivity index (χ4v) is 2.20. The molecule has 0 aliphatic heterocycles. The minimum absolute atomic E-state index is 0.0146. The molecule has 0 amide bonds. The van der Waals surface area contributed by atoms with Crippen LogP contribution in [0, 0.1) is 6.92 Å². The fraction of sp³-hybridized carbons (Fsp3) is 0.316. The van der Waals surface area contributed by atoms with E-state index < -0.39 is 0 Å². The van der Waals surface area contributed by atoms with E-state index in [-0.39, 0.29) is 11.2 Å². The molecule has 0 spiro atoms. The van der Waals surface area contributed by atoms with Crippen LogP contribution in [0.1, 0.15) is 49.2 Å². The summed E-state index contributed by atoms with van der Waals surface area (Å²) in [6.07, 6.45) is 0. The van der Waals surface area contributed by atoms with Crippen molar-refractivity contribution in [1.82, 2.24) is 0 Å². The molecule has 2 nitrogen and oxygen atoms in total. The Morgan fingerprint density at radius 2 is 1.62 bits per heavy atom. The number of carbonyl (C=O) groups excluding carboxylic acids is 1. The van der Waals surface area contributed by atoms with Gasteiger partial charge in [-0.25, -0.2) is 0 Å². The summed E-state index contributed by atoms with van der Waals surface area (Å²) in [7, 11) is 0. The van der Waals surface area contributed by atoms with E-state index in [0.717, 1.165) is 11.5 Å². The van der Waals surface area contributed by atoms with Crippen molar-refractivity contribution in [3.8, 4) is 11.5 Å². The number of aryl methyl sites for hydroxylation is 1. The third kappa shape index (κ3) is 3.72. The number of rotatable bonds is 3. The first-order valence-corrected chi connectivity index (χ1v) is 7.17. The Hall–Kier alpha value is -2.09. The van der Waals surface area contributed by atoms with Crippen molar-refractivity contribution in [2.45, 2.75) is 40.0 Å². The van der Waals surface area contributed by atoms with E-state index in [1.165, 1.54) is 11.1 Å². The maximum atomic E-state index is 11.3. The van der Waals surface area contributed by atoms with Crippen LogP contribution in [0.2, 0.25) is 0 Å². The average molecular weight is 282 g/mol. The number of Topliss-reactive ketones (excluding diaryl/α,β-unsaturated/α-hetero) is 1. The lowest BCUT2D eigenvalue weighted by atomic mass is 9.85. The molecule has 2 rings (SSSR count). The summed E-state index contributed by atoms with van der Waals surface area (Å²) >= 11 is 0. The van der Waals surface area contributed by atoms with Gasteiger partial charge in [0.05, 0.1) is 0 Å². The van der Waals surface area contributed by atoms with E-state index in [0.29, 0.717) is 5.56 Å². The summed E-state index contributed by atoms with van der Waals surface area (Å²) < 4.78 is 6.01. The molecule has 0 aliphatic rings. The maximum absolute atomic E-state index is 11.3. The summed E-state index contributed by atoms with van der Waals surface area (Å²) in [5.74, 6) is 1.67. The standard InChI is InChI=1S/C19H22O2/c1-13-6-11-18(17(12-13)19(3,4)5)21-16-9-7-15(8-10-16)14(2)20/h6-12H,1-5H3. The van der Waals surface area contributed by atoms with Crippen LogP contribution in [-0.2, 0) is 5.41 Å². The van der Waals surface area contributed by atoms with Crippen LogP contribution >= 0.6 is 0 Å². The first-order chi connectivity index (χ1) is 9.77. The molecule has 0 heterocycles. The Balaban J connectivity index is 2.33.